The van der Waals surface area contributed by atoms with Crippen LogP contribution in [0.2, 0.25) is 0 Å². The Morgan fingerprint density at radius 2 is 0.824 bits per heavy atom. The molecule has 1 heterocycles. The van der Waals surface area contributed by atoms with Gasteiger partial charge in [-0.2, -0.15) is 15.0 Å². The van der Waals surface area contributed by atoms with E-state index in [0.29, 0.717) is 17.8 Å². The number of carbonyl (C=O) groups is 1. The first-order chi connectivity index (χ1) is 7.91. The number of rotatable bonds is 3. The summed E-state index contributed by atoms with van der Waals surface area (Å²) < 4.78 is 0. The maximum Gasteiger partial charge on any atom is 0.231 e. The van der Waals surface area contributed by atoms with Gasteiger partial charge in [0.05, 0.1) is 0 Å². The Bertz CT molecular complexity index is 288. The second-order valence-electron chi connectivity index (χ2n) is 3.92. The molecule has 0 fully saturated rings. The zero-order valence-corrected chi connectivity index (χ0v) is 11.3. The normalized spacial score (nSPS) is 9.06. The summed E-state index contributed by atoms with van der Waals surface area (Å²) in [6, 6.07) is 0. The van der Waals surface area contributed by atoms with Gasteiger partial charge >= 0.3 is 0 Å². The number of aromatic nitrogens is 3. The SMILES string of the molecule is C=O.CN(C)c1nc(N(C)C)nc(N(C)C)n1. The number of hydrogen-bond donors (Lipinski definition) is 0. The summed E-state index contributed by atoms with van der Waals surface area (Å²) in [5.41, 5.74) is 0. The highest BCUT2D eigenvalue weighted by Crippen LogP contribution is 2.14. The van der Waals surface area contributed by atoms with Crippen LogP contribution in [0, 0.1) is 0 Å². The lowest BCUT2D eigenvalue weighted by molar-refractivity contribution is -0.0979. The number of nitrogens with zero attached hydrogens (tertiary/aromatic N) is 6. The molecule has 0 saturated heterocycles. The molecule has 7 heteroatoms. The first-order valence-corrected chi connectivity index (χ1v) is 4.98. The Kier molecular flexibility index (Phi) is 5.87. The molecule has 0 aliphatic heterocycles. The minimum atomic E-state index is 0.664. The van der Waals surface area contributed by atoms with Gasteiger partial charge in [-0.15, -0.1) is 0 Å². The summed E-state index contributed by atoms with van der Waals surface area (Å²) in [7, 11) is 11.5. The molecule has 17 heavy (non-hydrogen) atoms. The lowest BCUT2D eigenvalue weighted by Gasteiger charge is -2.18. The Balaban J connectivity index is 0.00000121. The van der Waals surface area contributed by atoms with Crippen molar-refractivity contribution < 1.29 is 4.79 Å². The number of anilines is 3. The van der Waals surface area contributed by atoms with Crippen molar-refractivity contribution in [2.75, 3.05) is 57.0 Å². The monoisotopic (exact) mass is 240 g/mol. The summed E-state index contributed by atoms with van der Waals surface area (Å²) in [5, 5.41) is 0. The van der Waals surface area contributed by atoms with E-state index in [2.05, 4.69) is 15.0 Å². The van der Waals surface area contributed by atoms with Crippen LogP contribution >= 0.6 is 0 Å². The molecule has 96 valence electrons. The highest BCUT2D eigenvalue weighted by atomic mass is 16.1. The summed E-state index contributed by atoms with van der Waals surface area (Å²) in [6.45, 7) is 2.00. The molecule has 1 aromatic rings. The predicted molar refractivity (Wildman–Crippen MR) is 69.9 cm³/mol. The maximum atomic E-state index is 8.00. The second-order valence-corrected chi connectivity index (χ2v) is 3.92. The molecule has 0 N–H and O–H groups in total. The van der Waals surface area contributed by atoms with Crippen molar-refractivity contribution in [3.8, 4) is 0 Å². The molecule has 0 amide bonds. The van der Waals surface area contributed by atoms with Gasteiger partial charge in [0.15, 0.2) is 0 Å². The number of hydrogen-bond acceptors (Lipinski definition) is 7. The molecule has 0 saturated carbocycles. The van der Waals surface area contributed by atoms with Crippen LogP contribution in [0.25, 0.3) is 0 Å². The molecule has 0 unspecified atom stereocenters. The topological polar surface area (TPSA) is 65.5 Å². The third kappa shape index (κ3) is 4.21. The predicted octanol–water partition coefficient (Wildman–Crippen LogP) is -0.115. The van der Waals surface area contributed by atoms with Crippen molar-refractivity contribution in [2.45, 2.75) is 0 Å². The molecule has 1 rings (SSSR count). The quantitative estimate of drug-likeness (QED) is 0.730. The van der Waals surface area contributed by atoms with Crippen molar-refractivity contribution in [3.05, 3.63) is 0 Å². The Morgan fingerprint density at radius 3 is 0.941 bits per heavy atom. The van der Waals surface area contributed by atoms with Crippen molar-refractivity contribution >= 4 is 24.6 Å². The molecule has 0 atom stereocenters. The van der Waals surface area contributed by atoms with Crippen LogP contribution < -0.4 is 14.7 Å². The molecular formula is C10H20N6O. The highest BCUT2D eigenvalue weighted by Gasteiger charge is 2.10. The van der Waals surface area contributed by atoms with E-state index in [-0.39, 0.29) is 0 Å². The third-order valence-electron chi connectivity index (χ3n) is 1.80. The van der Waals surface area contributed by atoms with Crippen LogP contribution in [0.1, 0.15) is 0 Å². The van der Waals surface area contributed by atoms with Gasteiger partial charge in [0.25, 0.3) is 0 Å². The van der Waals surface area contributed by atoms with Gasteiger partial charge in [-0.1, -0.05) is 0 Å². The smallest absolute Gasteiger partial charge is 0.231 e. The first kappa shape index (κ1) is 15.1. The zero-order valence-electron chi connectivity index (χ0n) is 11.3. The van der Waals surface area contributed by atoms with E-state index in [4.69, 9.17) is 4.79 Å². The number of carbonyl (C=O) groups excluding carboxylic acids is 1. The Hall–Kier alpha value is -1.92. The molecule has 0 aliphatic carbocycles. The van der Waals surface area contributed by atoms with E-state index < -0.39 is 0 Å². The van der Waals surface area contributed by atoms with Gasteiger partial charge < -0.3 is 19.5 Å². The average molecular weight is 240 g/mol. The fourth-order valence-electron chi connectivity index (χ4n) is 0.943. The second kappa shape index (κ2) is 6.62. The van der Waals surface area contributed by atoms with E-state index in [1.165, 1.54) is 0 Å². The molecule has 1 aromatic heterocycles. The van der Waals surface area contributed by atoms with Crippen molar-refractivity contribution in [1.29, 1.82) is 0 Å². The van der Waals surface area contributed by atoms with E-state index in [1.54, 1.807) is 0 Å². The molecule has 0 bridgehead atoms. The fraction of sp³-hybridized carbons (Fsp3) is 0.600. The van der Waals surface area contributed by atoms with Crippen LogP contribution in [0.4, 0.5) is 17.8 Å². The summed E-state index contributed by atoms with van der Waals surface area (Å²) in [5.74, 6) is 1.99. The van der Waals surface area contributed by atoms with E-state index in [9.17, 15) is 0 Å². The highest BCUT2D eigenvalue weighted by molar-refractivity contribution is 5.44. The molecular weight excluding hydrogens is 220 g/mol. The van der Waals surface area contributed by atoms with Gasteiger partial charge in [0.1, 0.15) is 6.79 Å². The molecule has 0 radical (unpaired) electrons. The third-order valence-corrected chi connectivity index (χ3v) is 1.80. The van der Waals surface area contributed by atoms with Crippen LogP contribution in [0.5, 0.6) is 0 Å². The standard InChI is InChI=1S/C9H18N6.CH2O/c1-13(2)7-10-8(14(3)4)12-9(11-7)15(5)6;1-2/h1-6H3;1H2. The molecule has 0 aromatic carbocycles. The van der Waals surface area contributed by atoms with Gasteiger partial charge in [-0.25, -0.2) is 0 Å². The van der Waals surface area contributed by atoms with Crippen molar-refractivity contribution in [1.82, 2.24) is 15.0 Å². The van der Waals surface area contributed by atoms with Crippen LogP contribution in [0.3, 0.4) is 0 Å². The zero-order chi connectivity index (χ0) is 13.6. The lowest BCUT2D eigenvalue weighted by atomic mass is 10.7. The molecule has 7 nitrogen and oxygen atoms in total. The average Bonchev–Trinajstić information content (AvgIpc) is 2.30. The largest absolute Gasteiger partial charge is 0.347 e. The van der Waals surface area contributed by atoms with E-state index in [0.717, 1.165) is 0 Å². The first-order valence-electron chi connectivity index (χ1n) is 4.98. The van der Waals surface area contributed by atoms with E-state index >= 15 is 0 Å². The maximum absolute atomic E-state index is 8.00. The minimum absolute atomic E-state index is 0.664. The van der Waals surface area contributed by atoms with Gasteiger partial charge in [-0.3, -0.25) is 0 Å². The minimum Gasteiger partial charge on any atom is -0.347 e. The van der Waals surface area contributed by atoms with Crippen LogP contribution in [-0.4, -0.2) is 64.0 Å². The van der Waals surface area contributed by atoms with Crippen LogP contribution in [0.15, 0.2) is 0 Å². The van der Waals surface area contributed by atoms with Crippen molar-refractivity contribution in [3.63, 3.8) is 0 Å². The molecule has 0 spiro atoms. The van der Waals surface area contributed by atoms with Gasteiger partial charge in [0, 0.05) is 42.3 Å². The molecule has 0 aliphatic rings. The van der Waals surface area contributed by atoms with Crippen molar-refractivity contribution in [2.24, 2.45) is 0 Å². The van der Waals surface area contributed by atoms with Crippen LogP contribution in [-0.2, 0) is 4.79 Å². The Morgan fingerprint density at radius 1 is 0.647 bits per heavy atom. The summed E-state index contributed by atoms with van der Waals surface area (Å²) in [6.07, 6.45) is 0. The summed E-state index contributed by atoms with van der Waals surface area (Å²) >= 11 is 0. The Labute approximate surface area is 102 Å². The fourth-order valence-corrected chi connectivity index (χ4v) is 0.943. The van der Waals surface area contributed by atoms with Gasteiger partial charge in [-0.05, 0) is 0 Å². The summed E-state index contributed by atoms with van der Waals surface area (Å²) in [4.78, 5) is 26.5. The van der Waals surface area contributed by atoms with Gasteiger partial charge in [0.2, 0.25) is 17.8 Å². The van der Waals surface area contributed by atoms with E-state index in [1.807, 2.05) is 63.8 Å². The lowest BCUT2D eigenvalue weighted by Crippen LogP contribution is -2.22.